The fourth-order valence-electron chi connectivity index (χ4n) is 0.715. The van der Waals surface area contributed by atoms with Crippen molar-refractivity contribution in [1.29, 1.82) is 0 Å². The maximum absolute atomic E-state index is 11.6. The molecule has 0 aromatic carbocycles. The number of ether oxygens (including phenoxy) is 1. The molecule has 1 N–H and O–H groups in total. The molecule has 0 heterocycles. The predicted octanol–water partition coefficient (Wildman–Crippen LogP) is 0.958. The Morgan fingerprint density at radius 1 is 1.36 bits per heavy atom. The number of nitrogens with one attached hydrogen (secondary N) is 1. The molecule has 0 aromatic rings. The third-order valence-electron chi connectivity index (χ3n) is 2.65. The number of amides is 1. The summed E-state index contributed by atoms with van der Waals surface area (Å²) in [4.78, 5) is 22.4. The molecule has 14 heavy (non-hydrogen) atoms. The van der Waals surface area contributed by atoms with Crippen molar-refractivity contribution in [3.8, 4) is 0 Å². The second-order valence-corrected chi connectivity index (χ2v) is 4.14. The van der Waals surface area contributed by atoms with Crippen LogP contribution >= 0.6 is 0 Å². The van der Waals surface area contributed by atoms with Gasteiger partial charge in [0.25, 0.3) is 0 Å². The minimum Gasteiger partial charge on any atom is -0.468 e. The number of carbonyl (C=O) groups excluding carboxylic acids is 2. The topological polar surface area (TPSA) is 55.4 Å². The molecule has 4 nitrogen and oxygen atoms in total. The van der Waals surface area contributed by atoms with Crippen molar-refractivity contribution in [2.24, 2.45) is 11.3 Å². The molecule has 0 fully saturated rings. The van der Waals surface area contributed by atoms with Crippen molar-refractivity contribution >= 4 is 11.9 Å². The molecular weight excluding hydrogens is 182 g/mol. The van der Waals surface area contributed by atoms with Gasteiger partial charge in [-0.15, -0.1) is 0 Å². The minimum atomic E-state index is -0.464. The lowest BCUT2D eigenvalue weighted by Crippen LogP contribution is -2.42. The lowest BCUT2D eigenvalue weighted by atomic mass is 9.80. The molecule has 0 aliphatic heterocycles. The number of carbonyl (C=O) groups is 2. The van der Waals surface area contributed by atoms with Crippen molar-refractivity contribution in [3.63, 3.8) is 0 Å². The Bertz CT molecular complexity index is 221. The average Bonchev–Trinajstić information content (AvgIpc) is 2.12. The molecule has 0 aromatic heterocycles. The highest BCUT2D eigenvalue weighted by Gasteiger charge is 2.31. The van der Waals surface area contributed by atoms with E-state index in [4.69, 9.17) is 0 Å². The van der Waals surface area contributed by atoms with Crippen molar-refractivity contribution in [1.82, 2.24) is 5.32 Å². The summed E-state index contributed by atoms with van der Waals surface area (Å²) in [6, 6.07) is 0. The minimum absolute atomic E-state index is 0.0640. The summed E-state index contributed by atoms with van der Waals surface area (Å²) in [5.41, 5.74) is -0.464. The Morgan fingerprint density at radius 2 is 1.86 bits per heavy atom. The van der Waals surface area contributed by atoms with Crippen LogP contribution in [0, 0.1) is 11.3 Å². The molecule has 0 spiro atoms. The summed E-state index contributed by atoms with van der Waals surface area (Å²) in [5.74, 6) is -0.337. The summed E-state index contributed by atoms with van der Waals surface area (Å²) in [7, 11) is 1.29. The molecule has 0 atom stereocenters. The van der Waals surface area contributed by atoms with Crippen molar-refractivity contribution < 1.29 is 14.3 Å². The van der Waals surface area contributed by atoms with Gasteiger partial charge in [0.1, 0.15) is 6.54 Å². The van der Waals surface area contributed by atoms with E-state index in [1.54, 1.807) is 0 Å². The summed E-state index contributed by atoms with van der Waals surface area (Å²) in [6.07, 6.45) is 0. The molecule has 0 rings (SSSR count). The van der Waals surface area contributed by atoms with E-state index in [0.29, 0.717) is 0 Å². The van der Waals surface area contributed by atoms with Gasteiger partial charge in [0.15, 0.2) is 0 Å². The third kappa shape index (κ3) is 3.36. The van der Waals surface area contributed by atoms with E-state index in [0.717, 1.165) is 0 Å². The Balaban J connectivity index is 4.15. The standard InChI is InChI=1S/C10H19NO3/c1-7(2)10(3,4)9(13)11-6-8(12)14-5/h7H,6H2,1-5H3,(H,11,13). The number of rotatable bonds is 4. The molecule has 0 aliphatic carbocycles. The van der Waals surface area contributed by atoms with Crippen LogP contribution in [0.1, 0.15) is 27.7 Å². The van der Waals surface area contributed by atoms with E-state index >= 15 is 0 Å². The number of hydrogen-bond acceptors (Lipinski definition) is 3. The summed E-state index contributed by atoms with van der Waals surface area (Å²) >= 11 is 0. The molecular formula is C10H19NO3. The average molecular weight is 201 g/mol. The van der Waals surface area contributed by atoms with Gasteiger partial charge in [-0.2, -0.15) is 0 Å². The van der Waals surface area contributed by atoms with E-state index in [2.05, 4.69) is 10.1 Å². The van der Waals surface area contributed by atoms with Crippen molar-refractivity contribution in [3.05, 3.63) is 0 Å². The van der Waals surface area contributed by atoms with Gasteiger partial charge < -0.3 is 10.1 Å². The Morgan fingerprint density at radius 3 is 2.21 bits per heavy atom. The van der Waals surface area contributed by atoms with Crippen molar-refractivity contribution in [2.45, 2.75) is 27.7 Å². The highest BCUT2D eigenvalue weighted by Crippen LogP contribution is 2.25. The second-order valence-electron chi connectivity index (χ2n) is 4.14. The van der Waals surface area contributed by atoms with Crippen LogP contribution in [0.15, 0.2) is 0 Å². The van der Waals surface area contributed by atoms with Crippen LogP contribution in [0.25, 0.3) is 0 Å². The molecule has 82 valence electrons. The smallest absolute Gasteiger partial charge is 0.325 e. The first-order chi connectivity index (χ1) is 6.32. The largest absolute Gasteiger partial charge is 0.468 e. The van der Waals surface area contributed by atoms with Crippen LogP contribution < -0.4 is 5.32 Å². The SMILES string of the molecule is COC(=O)CNC(=O)C(C)(C)C(C)C. The Labute approximate surface area is 85.0 Å². The number of methoxy groups -OCH3 is 1. The summed E-state index contributed by atoms with van der Waals surface area (Å²) < 4.78 is 4.42. The molecule has 1 amide bonds. The zero-order valence-corrected chi connectivity index (χ0v) is 9.51. The fourth-order valence-corrected chi connectivity index (χ4v) is 0.715. The molecule has 0 radical (unpaired) electrons. The number of esters is 1. The Kier molecular flexibility index (Phi) is 4.60. The van der Waals surface area contributed by atoms with Gasteiger partial charge in [0.2, 0.25) is 5.91 Å². The number of hydrogen-bond donors (Lipinski definition) is 1. The van der Waals surface area contributed by atoms with E-state index in [9.17, 15) is 9.59 Å². The van der Waals surface area contributed by atoms with Crippen LogP contribution in [0.5, 0.6) is 0 Å². The lowest BCUT2D eigenvalue weighted by Gasteiger charge is -2.27. The van der Waals surface area contributed by atoms with E-state index in [1.807, 2.05) is 27.7 Å². The first kappa shape index (κ1) is 12.9. The molecule has 4 heteroatoms. The van der Waals surface area contributed by atoms with Gasteiger partial charge in [0, 0.05) is 5.41 Å². The quantitative estimate of drug-likeness (QED) is 0.689. The summed E-state index contributed by atoms with van der Waals surface area (Å²) in [5, 5.41) is 2.54. The molecule has 0 bridgehead atoms. The highest BCUT2D eigenvalue weighted by molar-refractivity contribution is 5.85. The van der Waals surface area contributed by atoms with Gasteiger partial charge in [-0.1, -0.05) is 27.7 Å². The molecule has 0 saturated heterocycles. The first-order valence-corrected chi connectivity index (χ1v) is 4.67. The van der Waals surface area contributed by atoms with E-state index < -0.39 is 11.4 Å². The Hall–Kier alpha value is -1.06. The van der Waals surface area contributed by atoms with Crippen LogP contribution in [0.2, 0.25) is 0 Å². The van der Waals surface area contributed by atoms with Gasteiger partial charge in [0.05, 0.1) is 7.11 Å². The van der Waals surface area contributed by atoms with Gasteiger partial charge in [-0.3, -0.25) is 9.59 Å². The second kappa shape index (κ2) is 4.98. The first-order valence-electron chi connectivity index (χ1n) is 4.67. The zero-order chi connectivity index (χ0) is 11.4. The lowest BCUT2D eigenvalue weighted by molar-refractivity contribution is -0.142. The highest BCUT2D eigenvalue weighted by atomic mass is 16.5. The van der Waals surface area contributed by atoms with E-state index in [1.165, 1.54) is 7.11 Å². The predicted molar refractivity (Wildman–Crippen MR) is 53.6 cm³/mol. The molecule has 0 aliphatic rings. The maximum atomic E-state index is 11.6. The van der Waals surface area contributed by atoms with Crippen molar-refractivity contribution in [2.75, 3.05) is 13.7 Å². The fraction of sp³-hybridized carbons (Fsp3) is 0.800. The monoisotopic (exact) mass is 201 g/mol. The van der Waals surface area contributed by atoms with Crippen LogP contribution in [-0.2, 0) is 14.3 Å². The maximum Gasteiger partial charge on any atom is 0.325 e. The summed E-state index contributed by atoms with van der Waals surface area (Å²) in [6.45, 7) is 7.58. The van der Waals surface area contributed by atoms with Crippen LogP contribution in [0.3, 0.4) is 0 Å². The van der Waals surface area contributed by atoms with Gasteiger partial charge in [-0.05, 0) is 5.92 Å². The zero-order valence-electron chi connectivity index (χ0n) is 9.51. The van der Waals surface area contributed by atoms with Crippen LogP contribution in [-0.4, -0.2) is 25.5 Å². The molecule has 0 saturated carbocycles. The van der Waals surface area contributed by atoms with E-state index in [-0.39, 0.29) is 18.4 Å². The normalized spacial score (nSPS) is 11.3. The van der Waals surface area contributed by atoms with Gasteiger partial charge >= 0.3 is 5.97 Å². The van der Waals surface area contributed by atoms with Crippen LogP contribution in [0.4, 0.5) is 0 Å². The van der Waals surface area contributed by atoms with Gasteiger partial charge in [-0.25, -0.2) is 0 Å². The third-order valence-corrected chi connectivity index (χ3v) is 2.65. The molecule has 0 unspecified atom stereocenters.